The van der Waals surface area contributed by atoms with Crippen molar-refractivity contribution in [3.8, 4) is 0 Å². The van der Waals surface area contributed by atoms with Crippen molar-refractivity contribution in [2.24, 2.45) is 5.92 Å². The lowest BCUT2D eigenvalue weighted by Crippen LogP contribution is -2.31. The van der Waals surface area contributed by atoms with Crippen LogP contribution in [0, 0.1) is 5.92 Å². The first-order chi connectivity index (χ1) is 9.55. The number of nitrogens with one attached hydrogen (secondary N) is 1. The van der Waals surface area contributed by atoms with E-state index in [9.17, 15) is 8.42 Å². The molecule has 2 rings (SSSR count). The van der Waals surface area contributed by atoms with E-state index in [0.29, 0.717) is 18.0 Å². The van der Waals surface area contributed by atoms with Crippen molar-refractivity contribution in [3.05, 3.63) is 29.8 Å². The lowest BCUT2D eigenvalue weighted by atomic mass is 10.1. The monoisotopic (exact) mass is 298 g/mol. The molecule has 112 valence electrons. The van der Waals surface area contributed by atoms with Gasteiger partial charge in [-0.05, 0) is 43.1 Å². The van der Waals surface area contributed by atoms with E-state index in [2.05, 4.69) is 16.5 Å². The average Bonchev–Trinajstić information content (AvgIpc) is 2.93. The summed E-state index contributed by atoms with van der Waals surface area (Å²) in [6.45, 7) is 5.45. The first-order valence-corrected chi connectivity index (χ1v) is 8.45. The Labute approximate surface area is 120 Å². The molecule has 1 saturated heterocycles. The minimum absolute atomic E-state index is 0.155. The van der Waals surface area contributed by atoms with Crippen molar-refractivity contribution in [1.29, 1.82) is 0 Å². The average molecular weight is 298 g/mol. The van der Waals surface area contributed by atoms with Crippen molar-refractivity contribution in [3.63, 3.8) is 0 Å². The van der Waals surface area contributed by atoms with Gasteiger partial charge in [-0.15, -0.1) is 0 Å². The van der Waals surface area contributed by atoms with Gasteiger partial charge in [-0.2, -0.15) is 0 Å². The van der Waals surface area contributed by atoms with E-state index in [1.807, 2.05) is 0 Å². The summed E-state index contributed by atoms with van der Waals surface area (Å²) in [6, 6.07) is 6.41. The number of rotatable bonds is 6. The van der Waals surface area contributed by atoms with E-state index in [1.54, 1.807) is 18.2 Å². The summed E-state index contributed by atoms with van der Waals surface area (Å²) in [5, 5.41) is 9.07. The highest BCUT2D eigenvalue weighted by Gasteiger charge is 2.23. The third-order valence-corrected chi connectivity index (χ3v) is 5.19. The maximum absolute atomic E-state index is 12.2. The Morgan fingerprint density at radius 2 is 2.25 bits per heavy atom. The highest BCUT2D eigenvalue weighted by molar-refractivity contribution is 7.89. The molecule has 0 bridgehead atoms. The molecule has 1 aromatic rings. The Morgan fingerprint density at radius 3 is 2.90 bits per heavy atom. The van der Waals surface area contributed by atoms with Crippen molar-refractivity contribution in [2.45, 2.75) is 24.8 Å². The molecular formula is C14H22N2O3S. The van der Waals surface area contributed by atoms with Crippen LogP contribution in [0.1, 0.15) is 18.9 Å². The molecule has 5 nitrogen and oxygen atoms in total. The molecular weight excluding hydrogens is 276 g/mol. The minimum Gasteiger partial charge on any atom is -0.392 e. The van der Waals surface area contributed by atoms with Crippen LogP contribution in [0.3, 0.4) is 0 Å². The summed E-state index contributed by atoms with van der Waals surface area (Å²) in [7, 11) is -3.48. The number of benzene rings is 1. The molecule has 0 aromatic heterocycles. The zero-order valence-corrected chi connectivity index (χ0v) is 12.6. The van der Waals surface area contributed by atoms with Gasteiger partial charge in [-0.3, -0.25) is 0 Å². The fourth-order valence-corrected chi connectivity index (χ4v) is 3.67. The minimum atomic E-state index is -3.48. The van der Waals surface area contributed by atoms with Crippen LogP contribution in [0.4, 0.5) is 0 Å². The largest absolute Gasteiger partial charge is 0.392 e. The van der Waals surface area contributed by atoms with Crippen LogP contribution in [0.25, 0.3) is 0 Å². The first-order valence-electron chi connectivity index (χ1n) is 6.97. The van der Waals surface area contributed by atoms with Gasteiger partial charge >= 0.3 is 0 Å². The van der Waals surface area contributed by atoms with E-state index in [4.69, 9.17) is 5.11 Å². The molecule has 1 unspecified atom stereocenters. The second kappa shape index (κ2) is 6.67. The molecule has 0 aliphatic carbocycles. The van der Waals surface area contributed by atoms with Crippen molar-refractivity contribution in [2.75, 3.05) is 26.2 Å². The maximum Gasteiger partial charge on any atom is 0.240 e. The molecule has 6 heteroatoms. The molecule has 0 saturated carbocycles. The SMILES string of the molecule is CCN1CCC(CNS(=O)(=O)c2cccc(CO)c2)C1. The zero-order valence-electron chi connectivity index (χ0n) is 11.7. The second-order valence-electron chi connectivity index (χ2n) is 5.21. The molecule has 1 aliphatic heterocycles. The van der Waals surface area contributed by atoms with E-state index in [0.717, 1.165) is 26.1 Å². The van der Waals surface area contributed by atoms with E-state index < -0.39 is 10.0 Å². The van der Waals surface area contributed by atoms with E-state index in [1.165, 1.54) is 6.07 Å². The van der Waals surface area contributed by atoms with Crippen LogP contribution < -0.4 is 4.72 Å². The molecule has 20 heavy (non-hydrogen) atoms. The summed E-state index contributed by atoms with van der Waals surface area (Å²) in [5.41, 5.74) is 0.603. The van der Waals surface area contributed by atoms with Gasteiger partial charge in [0.05, 0.1) is 11.5 Å². The number of likely N-dealkylation sites (tertiary alicyclic amines) is 1. The summed E-state index contributed by atoms with van der Waals surface area (Å²) in [5.74, 6) is 0.380. The quantitative estimate of drug-likeness (QED) is 0.815. The molecule has 1 atom stereocenters. The van der Waals surface area contributed by atoms with Crippen LogP contribution in [0.15, 0.2) is 29.2 Å². The summed E-state index contributed by atoms with van der Waals surface area (Å²) >= 11 is 0. The number of nitrogens with zero attached hydrogens (tertiary/aromatic N) is 1. The van der Waals surface area contributed by atoms with E-state index in [-0.39, 0.29) is 11.5 Å². The highest BCUT2D eigenvalue weighted by Crippen LogP contribution is 2.16. The van der Waals surface area contributed by atoms with Gasteiger partial charge in [0.2, 0.25) is 10.0 Å². The van der Waals surface area contributed by atoms with E-state index >= 15 is 0 Å². The van der Waals surface area contributed by atoms with Gasteiger partial charge in [-0.25, -0.2) is 13.1 Å². The first kappa shape index (κ1) is 15.4. The molecule has 0 spiro atoms. The number of hydrogen-bond acceptors (Lipinski definition) is 4. The van der Waals surface area contributed by atoms with Gasteiger partial charge in [0, 0.05) is 13.1 Å². The van der Waals surface area contributed by atoms with Gasteiger partial charge in [-0.1, -0.05) is 19.1 Å². The molecule has 0 amide bonds. The molecule has 1 heterocycles. The molecule has 1 aromatic carbocycles. The Bertz CT molecular complexity index is 545. The summed E-state index contributed by atoms with van der Waals surface area (Å²) in [4.78, 5) is 2.54. The number of sulfonamides is 1. The Balaban J connectivity index is 1.97. The zero-order chi connectivity index (χ0) is 14.6. The van der Waals surface area contributed by atoms with Crippen LogP contribution >= 0.6 is 0 Å². The fourth-order valence-electron chi connectivity index (χ4n) is 2.49. The number of aliphatic hydroxyl groups excluding tert-OH is 1. The van der Waals surface area contributed by atoms with Gasteiger partial charge in [0.25, 0.3) is 0 Å². The summed E-state index contributed by atoms with van der Waals surface area (Å²) < 4.78 is 27.1. The number of aliphatic hydroxyl groups is 1. The Morgan fingerprint density at radius 1 is 1.45 bits per heavy atom. The lowest BCUT2D eigenvalue weighted by molar-refractivity contribution is 0.281. The lowest BCUT2D eigenvalue weighted by Gasteiger charge is -2.14. The van der Waals surface area contributed by atoms with Crippen molar-refractivity contribution < 1.29 is 13.5 Å². The number of hydrogen-bond donors (Lipinski definition) is 2. The van der Waals surface area contributed by atoms with Gasteiger partial charge < -0.3 is 10.0 Å². The molecule has 1 fully saturated rings. The highest BCUT2D eigenvalue weighted by atomic mass is 32.2. The molecule has 0 radical (unpaired) electrons. The normalized spacial score (nSPS) is 20.4. The van der Waals surface area contributed by atoms with Crippen molar-refractivity contribution in [1.82, 2.24) is 9.62 Å². The fraction of sp³-hybridized carbons (Fsp3) is 0.571. The Kier molecular flexibility index (Phi) is 5.15. The summed E-state index contributed by atoms with van der Waals surface area (Å²) in [6.07, 6.45) is 1.03. The smallest absolute Gasteiger partial charge is 0.240 e. The van der Waals surface area contributed by atoms with Crippen LogP contribution in [0.5, 0.6) is 0 Å². The second-order valence-corrected chi connectivity index (χ2v) is 6.97. The predicted octanol–water partition coefficient (Wildman–Crippen LogP) is 0.799. The predicted molar refractivity (Wildman–Crippen MR) is 77.8 cm³/mol. The van der Waals surface area contributed by atoms with Crippen molar-refractivity contribution >= 4 is 10.0 Å². The van der Waals surface area contributed by atoms with Crippen LogP contribution in [-0.4, -0.2) is 44.6 Å². The van der Waals surface area contributed by atoms with Crippen LogP contribution in [-0.2, 0) is 16.6 Å². The van der Waals surface area contributed by atoms with Gasteiger partial charge in [0.15, 0.2) is 0 Å². The molecule has 1 aliphatic rings. The maximum atomic E-state index is 12.2. The van der Waals surface area contributed by atoms with Crippen LogP contribution in [0.2, 0.25) is 0 Å². The standard InChI is InChI=1S/C14H22N2O3S/c1-2-16-7-6-13(10-16)9-15-20(18,19)14-5-3-4-12(8-14)11-17/h3-5,8,13,15,17H,2,6-7,9-11H2,1H3. The Hall–Kier alpha value is -0.950. The topological polar surface area (TPSA) is 69.6 Å². The molecule has 2 N–H and O–H groups in total. The third kappa shape index (κ3) is 3.79. The third-order valence-electron chi connectivity index (χ3n) is 3.77. The van der Waals surface area contributed by atoms with Gasteiger partial charge in [0.1, 0.15) is 0 Å².